The lowest BCUT2D eigenvalue weighted by atomic mass is 10.1. The van der Waals surface area contributed by atoms with Crippen LogP contribution >= 0.6 is 0 Å². The predicted molar refractivity (Wildman–Crippen MR) is 41.9 cm³/mol. The SMILES string of the molecule is O[C@H](c1cccnc1F)C1CC1. The Morgan fingerprint density at radius 3 is 2.92 bits per heavy atom. The molecule has 1 fully saturated rings. The number of halogens is 1. The smallest absolute Gasteiger partial charge is 0.218 e. The third-order valence-corrected chi connectivity index (χ3v) is 2.18. The summed E-state index contributed by atoms with van der Waals surface area (Å²) in [5.41, 5.74) is 0.333. The molecule has 1 heterocycles. The lowest BCUT2D eigenvalue weighted by molar-refractivity contribution is 0.148. The molecule has 0 spiro atoms. The summed E-state index contributed by atoms with van der Waals surface area (Å²) >= 11 is 0. The fraction of sp³-hybridized carbons (Fsp3) is 0.444. The lowest BCUT2D eigenvalue weighted by Crippen LogP contribution is -2.03. The second-order valence-corrected chi connectivity index (χ2v) is 3.17. The molecule has 64 valence electrons. The van der Waals surface area contributed by atoms with Crippen molar-refractivity contribution in [3.63, 3.8) is 0 Å². The number of pyridine rings is 1. The molecule has 1 aromatic heterocycles. The molecule has 2 nitrogen and oxygen atoms in total. The average molecular weight is 167 g/mol. The highest BCUT2D eigenvalue weighted by Gasteiger charge is 2.32. The van der Waals surface area contributed by atoms with Gasteiger partial charge in [0.2, 0.25) is 5.95 Å². The number of nitrogens with zero attached hydrogens (tertiary/aromatic N) is 1. The number of aliphatic hydroxyl groups is 1. The number of rotatable bonds is 2. The summed E-state index contributed by atoms with van der Waals surface area (Å²) in [6.07, 6.45) is 2.72. The van der Waals surface area contributed by atoms with Gasteiger partial charge in [-0.05, 0) is 24.8 Å². The zero-order chi connectivity index (χ0) is 8.55. The van der Waals surface area contributed by atoms with Crippen LogP contribution in [0.25, 0.3) is 0 Å². The molecule has 0 aromatic carbocycles. The summed E-state index contributed by atoms with van der Waals surface area (Å²) in [5, 5.41) is 9.56. The summed E-state index contributed by atoms with van der Waals surface area (Å²) in [6.45, 7) is 0. The van der Waals surface area contributed by atoms with Gasteiger partial charge in [0.25, 0.3) is 0 Å². The van der Waals surface area contributed by atoms with Crippen molar-refractivity contribution in [3.05, 3.63) is 29.8 Å². The first-order valence-electron chi connectivity index (χ1n) is 4.07. The maximum absolute atomic E-state index is 13.0. The predicted octanol–water partition coefficient (Wildman–Crippen LogP) is 1.66. The molecule has 0 aliphatic heterocycles. The Morgan fingerprint density at radius 2 is 2.33 bits per heavy atom. The van der Waals surface area contributed by atoms with Crippen LogP contribution in [-0.4, -0.2) is 10.1 Å². The van der Waals surface area contributed by atoms with E-state index < -0.39 is 12.1 Å². The Labute approximate surface area is 70.1 Å². The zero-order valence-corrected chi connectivity index (χ0v) is 6.57. The first-order chi connectivity index (χ1) is 5.79. The van der Waals surface area contributed by atoms with Crippen LogP contribution in [0.2, 0.25) is 0 Å². The van der Waals surface area contributed by atoms with Crippen LogP contribution in [0.3, 0.4) is 0 Å². The maximum Gasteiger partial charge on any atom is 0.218 e. The van der Waals surface area contributed by atoms with Gasteiger partial charge in [-0.1, -0.05) is 6.07 Å². The van der Waals surface area contributed by atoms with Gasteiger partial charge in [-0.15, -0.1) is 0 Å². The van der Waals surface area contributed by atoms with Crippen molar-refractivity contribution < 1.29 is 9.50 Å². The minimum Gasteiger partial charge on any atom is -0.388 e. The quantitative estimate of drug-likeness (QED) is 0.679. The molecule has 3 heteroatoms. The normalized spacial score (nSPS) is 19.2. The van der Waals surface area contributed by atoms with E-state index in [0.717, 1.165) is 12.8 Å². The average Bonchev–Trinajstić information content (AvgIpc) is 2.86. The molecule has 0 unspecified atom stereocenters. The molecule has 0 radical (unpaired) electrons. The van der Waals surface area contributed by atoms with E-state index in [2.05, 4.69) is 4.98 Å². The highest BCUT2D eigenvalue weighted by Crippen LogP contribution is 2.41. The van der Waals surface area contributed by atoms with Crippen molar-refractivity contribution in [1.82, 2.24) is 4.98 Å². The summed E-state index contributed by atoms with van der Waals surface area (Å²) in [6, 6.07) is 3.23. The van der Waals surface area contributed by atoms with Crippen LogP contribution in [0, 0.1) is 11.9 Å². The van der Waals surface area contributed by atoms with Crippen molar-refractivity contribution in [3.8, 4) is 0 Å². The molecule has 1 aliphatic rings. The topological polar surface area (TPSA) is 33.1 Å². The maximum atomic E-state index is 13.0. The van der Waals surface area contributed by atoms with Gasteiger partial charge in [0.1, 0.15) is 0 Å². The molecule has 0 bridgehead atoms. The molecule has 0 saturated heterocycles. The van der Waals surface area contributed by atoms with E-state index in [1.54, 1.807) is 12.1 Å². The van der Waals surface area contributed by atoms with E-state index in [-0.39, 0.29) is 5.92 Å². The summed E-state index contributed by atoms with van der Waals surface area (Å²) < 4.78 is 13.0. The van der Waals surface area contributed by atoms with Crippen LogP contribution in [0.5, 0.6) is 0 Å². The van der Waals surface area contributed by atoms with Gasteiger partial charge in [-0.3, -0.25) is 0 Å². The Kier molecular flexibility index (Phi) is 1.81. The molecule has 2 rings (SSSR count). The van der Waals surface area contributed by atoms with E-state index in [1.165, 1.54) is 6.20 Å². The highest BCUT2D eigenvalue weighted by atomic mass is 19.1. The minimum absolute atomic E-state index is 0.253. The summed E-state index contributed by atoms with van der Waals surface area (Å²) in [7, 11) is 0. The Morgan fingerprint density at radius 1 is 1.58 bits per heavy atom. The highest BCUT2D eigenvalue weighted by molar-refractivity contribution is 5.16. The van der Waals surface area contributed by atoms with Crippen LogP contribution in [0.1, 0.15) is 24.5 Å². The fourth-order valence-corrected chi connectivity index (χ4v) is 1.28. The van der Waals surface area contributed by atoms with Crippen molar-refractivity contribution in [2.24, 2.45) is 5.92 Å². The van der Waals surface area contributed by atoms with Gasteiger partial charge in [-0.25, -0.2) is 4.98 Å². The fourth-order valence-electron chi connectivity index (χ4n) is 1.28. The van der Waals surface area contributed by atoms with Gasteiger partial charge in [-0.2, -0.15) is 4.39 Å². The second kappa shape index (κ2) is 2.83. The minimum atomic E-state index is -0.654. The Bertz CT molecular complexity index is 286. The van der Waals surface area contributed by atoms with Gasteiger partial charge in [0, 0.05) is 11.8 Å². The van der Waals surface area contributed by atoms with E-state index in [0.29, 0.717) is 5.56 Å². The number of hydrogen-bond acceptors (Lipinski definition) is 2. The molecule has 1 saturated carbocycles. The molecule has 1 aromatic rings. The van der Waals surface area contributed by atoms with Gasteiger partial charge < -0.3 is 5.11 Å². The first-order valence-corrected chi connectivity index (χ1v) is 4.07. The largest absolute Gasteiger partial charge is 0.388 e. The molecule has 12 heavy (non-hydrogen) atoms. The van der Waals surface area contributed by atoms with E-state index in [9.17, 15) is 9.50 Å². The van der Waals surface area contributed by atoms with E-state index in [4.69, 9.17) is 0 Å². The number of aliphatic hydroxyl groups excluding tert-OH is 1. The van der Waals surface area contributed by atoms with Crippen LogP contribution in [0.15, 0.2) is 18.3 Å². The third-order valence-electron chi connectivity index (χ3n) is 2.18. The van der Waals surface area contributed by atoms with Crippen LogP contribution < -0.4 is 0 Å². The van der Waals surface area contributed by atoms with Crippen molar-refractivity contribution in [2.45, 2.75) is 18.9 Å². The lowest BCUT2D eigenvalue weighted by Gasteiger charge is -2.08. The van der Waals surface area contributed by atoms with Gasteiger partial charge >= 0.3 is 0 Å². The molecule has 1 aliphatic carbocycles. The van der Waals surface area contributed by atoms with Crippen LogP contribution in [0.4, 0.5) is 4.39 Å². The molecular formula is C9H10FNO. The number of hydrogen-bond donors (Lipinski definition) is 1. The molecule has 0 amide bonds. The first kappa shape index (κ1) is 7.68. The van der Waals surface area contributed by atoms with Crippen LogP contribution in [-0.2, 0) is 0 Å². The monoisotopic (exact) mass is 167 g/mol. The van der Waals surface area contributed by atoms with Gasteiger partial charge in [0.05, 0.1) is 6.10 Å². The second-order valence-electron chi connectivity index (χ2n) is 3.17. The summed E-state index contributed by atoms with van der Waals surface area (Å²) in [5.74, 6) is -0.291. The third kappa shape index (κ3) is 1.32. The van der Waals surface area contributed by atoms with Crippen molar-refractivity contribution >= 4 is 0 Å². The standard InChI is InChI=1S/C9H10FNO/c10-9-7(2-1-5-11-9)8(12)6-3-4-6/h1-2,5-6,8,12H,3-4H2/t8-/m0/s1. The Hall–Kier alpha value is -0.960. The van der Waals surface area contributed by atoms with E-state index >= 15 is 0 Å². The Balaban J connectivity index is 2.25. The van der Waals surface area contributed by atoms with E-state index in [1.807, 2.05) is 0 Å². The molecule has 1 atom stereocenters. The molecule has 1 N–H and O–H groups in total. The number of aromatic nitrogens is 1. The summed E-state index contributed by atoms with van der Waals surface area (Å²) in [4.78, 5) is 3.48. The molecular weight excluding hydrogens is 157 g/mol. The zero-order valence-electron chi connectivity index (χ0n) is 6.57. The van der Waals surface area contributed by atoms with Crippen molar-refractivity contribution in [1.29, 1.82) is 0 Å². The van der Waals surface area contributed by atoms with Crippen molar-refractivity contribution in [2.75, 3.05) is 0 Å². The van der Waals surface area contributed by atoms with Gasteiger partial charge in [0.15, 0.2) is 0 Å².